The van der Waals surface area contributed by atoms with Gasteiger partial charge in [-0.05, 0) is 50.7 Å². The molecular formula is C22H28N4O3. The SMILES string of the molecule is CC(C)(Cc1ccc(CC(=O)Nc2cncc(N3CCCCC3)n2)cc1)C(=O)O. The first kappa shape index (κ1) is 20.8. The third-order valence-corrected chi connectivity index (χ3v) is 5.18. The van der Waals surface area contributed by atoms with Crippen molar-refractivity contribution in [3.63, 3.8) is 0 Å². The Kier molecular flexibility index (Phi) is 6.46. The number of aliphatic carboxylic acids is 1. The summed E-state index contributed by atoms with van der Waals surface area (Å²) in [6, 6.07) is 7.49. The van der Waals surface area contributed by atoms with Gasteiger partial charge in [-0.25, -0.2) is 4.98 Å². The predicted octanol–water partition coefficient (Wildman–Crippen LogP) is 3.30. The number of hydrogen-bond acceptors (Lipinski definition) is 5. The lowest BCUT2D eigenvalue weighted by Crippen LogP contribution is -2.30. The molecule has 0 bridgehead atoms. The zero-order valence-corrected chi connectivity index (χ0v) is 17.0. The van der Waals surface area contributed by atoms with Crippen molar-refractivity contribution in [1.82, 2.24) is 9.97 Å². The van der Waals surface area contributed by atoms with Crippen LogP contribution in [0.4, 0.5) is 11.6 Å². The number of nitrogens with zero attached hydrogens (tertiary/aromatic N) is 3. The first-order chi connectivity index (χ1) is 13.8. The summed E-state index contributed by atoms with van der Waals surface area (Å²) in [5.41, 5.74) is 0.970. The summed E-state index contributed by atoms with van der Waals surface area (Å²) in [5, 5.41) is 12.1. The van der Waals surface area contributed by atoms with Crippen LogP contribution in [0.15, 0.2) is 36.7 Å². The van der Waals surface area contributed by atoms with E-state index in [1.807, 2.05) is 24.3 Å². The Labute approximate surface area is 171 Å². The third-order valence-electron chi connectivity index (χ3n) is 5.18. The van der Waals surface area contributed by atoms with E-state index in [4.69, 9.17) is 0 Å². The van der Waals surface area contributed by atoms with Crippen molar-refractivity contribution in [2.45, 2.75) is 46.0 Å². The maximum Gasteiger partial charge on any atom is 0.309 e. The Balaban J connectivity index is 1.57. The molecule has 1 aromatic heterocycles. The standard InChI is InChI=1S/C22H28N4O3/c1-22(2,21(28)29)13-17-8-6-16(7-9-17)12-20(27)25-18-14-23-15-19(24-18)26-10-4-3-5-11-26/h6-9,14-15H,3-5,10-13H2,1-2H3,(H,28,29)(H,24,25,27). The molecule has 1 saturated heterocycles. The Morgan fingerprint density at radius 3 is 2.38 bits per heavy atom. The second-order valence-corrected chi connectivity index (χ2v) is 8.22. The van der Waals surface area contributed by atoms with Crippen molar-refractivity contribution in [2.24, 2.45) is 5.41 Å². The molecule has 3 rings (SSSR count). The highest BCUT2D eigenvalue weighted by atomic mass is 16.4. The van der Waals surface area contributed by atoms with Gasteiger partial charge in [-0.3, -0.25) is 14.6 Å². The van der Waals surface area contributed by atoms with Gasteiger partial charge >= 0.3 is 5.97 Å². The fourth-order valence-electron chi connectivity index (χ4n) is 3.42. The minimum absolute atomic E-state index is 0.159. The van der Waals surface area contributed by atoms with Crippen molar-refractivity contribution < 1.29 is 14.7 Å². The Bertz CT molecular complexity index is 859. The molecule has 1 aliphatic rings. The maximum absolute atomic E-state index is 12.4. The number of anilines is 2. The maximum atomic E-state index is 12.4. The second kappa shape index (κ2) is 9.03. The van der Waals surface area contributed by atoms with E-state index in [0.29, 0.717) is 12.2 Å². The van der Waals surface area contributed by atoms with Gasteiger partial charge in [0.05, 0.1) is 24.2 Å². The number of piperidine rings is 1. The fourth-order valence-corrected chi connectivity index (χ4v) is 3.42. The lowest BCUT2D eigenvalue weighted by molar-refractivity contribution is -0.146. The van der Waals surface area contributed by atoms with E-state index in [0.717, 1.165) is 42.9 Å². The van der Waals surface area contributed by atoms with Gasteiger partial charge in [0.2, 0.25) is 5.91 Å². The molecule has 154 valence electrons. The summed E-state index contributed by atoms with van der Waals surface area (Å²) < 4.78 is 0. The van der Waals surface area contributed by atoms with Crippen molar-refractivity contribution in [3.8, 4) is 0 Å². The molecule has 7 nitrogen and oxygen atoms in total. The average Bonchev–Trinajstić information content (AvgIpc) is 2.70. The molecule has 2 aromatic rings. The number of benzene rings is 1. The predicted molar refractivity (Wildman–Crippen MR) is 112 cm³/mol. The summed E-state index contributed by atoms with van der Waals surface area (Å²) in [7, 11) is 0. The second-order valence-electron chi connectivity index (χ2n) is 8.22. The smallest absolute Gasteiger partial charge is 0.309 e. The summed E-state index contributed by atoms with van der Waals surface area (Å²) in [5.74, 6) is 0.272. The minimum atomic E-state index is -0.825. The number of amides is 1. The molecule has 0 unspecified atom stereocenters. The van der Waals surface area contributed by atoms with Crippen molar-refractivity contribution in [2.75, 3.05) is 23.3 Å². The Hall–Kier alpha value is -2.96. The van der Waals surface area contributed by atoms with Gasteiger partial charge in [-0.1, -0.05) is 24.3 Å². The molecule has 2 N–H and O–H groups in total. The van der Waals surface area contributed by atoms with Crippen LogP contribution in [-0.2, 0) is 22.4 Å². The molecule has 0 spiro atoms. The van der Waals surface area contributed by atoms with E-state index in [9.17, 15) is 14.7 Å². The summed E-state index contributed by atoms with van der Waals surface area (Å²) in [4.78, 5) is 34.6. The van der Waals surface area contributed by atoms with E-state index < -0.39 is 11.4 Å². The van der Waals surface area contributed by atoms with Crippen LogP contribution in [0.1, 0.15) is 44.2 Å². The van der Waals surface area contributed by atoms with E-state index in [1.165, 1.54) is 6.42 Å². The number of aromatic nitrogens is 2. The highest BCUT2D eigenvalue weighted by Gasteiger charge is 2.27. The van der Waals surface area contributed by atoms with Gasteiger partial charge < -0.3 is 15.3 Å². The van der Waals surface area contributed by atoms with Crippen LogP contribution in [0.2, 0.25) is 0 Å². The topological polar surface area (TPSA) is 95.4 Å². The van der Waals surface area contributed by atoms with E-state index in [1.54, 1.807) is 26.2 Å². The van der Waals surface area contributed by atoms with Gasteiger partial charge in [-0.15, -0.1) is 0 Å². The minimum Gasteiger partial charge on any atom is -0.481 e. The molecule has 0 radical (unpaired) electrons. The number of carboxylic acids is 1. The van der Waals surface area contributed by atoms with Crippen LogP contribution in [0.3, 0.4) is 0 Å². The van der Waals surface area contributed by atoms with Crippen LogP contribution in [0.25, 0.3) is 0 Å². The first-order valence-corrected chi connectivity index (χ1v) is 10.0. The normalized spacial score (nSPS) is 14.5. The molecule has 1 amide bonds. The molecule has 29 heavy (non-hydrogen) atoms. The summed E-state index contributed by atoms with van der Waals surface area (Å²) >= 11 is 0. The quantitative estimate of drug-likeness (QED) is 0.746. The number of carbonyl (C=O) groups excluding carboxylic acids is 1. The first-order valence-electron chi connectivity index (χ1n) is 10.0. The van der Waals surface area contributed by atoms with Crippen molar-refractivity contribution in [1.29, 1.82) is 0 Å². The molecule has 0 aliphatic carbocycles. The van der Waals surface area contributed by atoms with Gasteiger partial charge in [0.15, 0.2) is 5.82 Å². The molecular weight excluding hydrogens is 368 g/mol. The molecule has 0 saturated carbocycles. The summed E-state index contributed by atoms with van der Waals surface area (Å²) in [6.07, 6.45) is 7.50. The lowest BCUT2D eigenvalue weighted by atomic mass is 9.86. The number of carbonyl (C=O) groups is 2. The number of hydrogen-bond donors (Lipinski definition) is 2. The van der Waals surface area contributed by atoms with Crippen molar-refractivity contribution in [3.05, 3.63) is 47.8 Å². The Morgan fingerprint density at radius 2 is 1.72 bits per heavy atom. The molecule has 1 fully saturated rings. The molecule has 1 aliphatic heterocycles. The highest BCUT2D eigenvalue weighted by Crippen LogP contribution is 2.22. The van der Waals surface area contributed by atoms with Crippen LogP contribution < -0.4 is 10.2 Å². The van der Waals surface area contributed by atoms with Gasteiger partial charge in [-0.2, -0.15) is 0 Å². The molecule has 2 heterocycles. The zero-order valence-electron chi connectivity index (χ0n) is 17.0. The van der Waals surface area contributed by atoms with E-state index in [-0.39, 0.29) is 12.3 Å². The number of carboxylic acid groups (broad SMARTS) is 1. The molecule has 1 aromatic carbocycles. The molecule has 0 atom stereocenters. The van der Waals surface area contributed by atoms with Crippen LogP contribution in [0, 0.1) is 5.41 Å². The van der Waals surface area contributed by atoms with E-state index in [2.05, 4.69) is 20.2 Å². The highest BCUT2D eigenvalue weighted by molar-refractivity contribution is 5.91. The van der Waals surface area contributed by atoms with Crippen LogP contribution in [-0.4, -0.2) is 40.0 Å². The largest absolute Gasteiger partial charge is 0.481 e. The fraction of sp³-hybridized carbons (Fsp3) is 0.455. The van der Waals surface area contributed by atoms with Crippen LogP contribution in [0.5, 0.6) is 0 Å². The Morgan fingerprint density at radius 1 is 1.07 bits per heavy atom. The van der Waals surface area contributed by atoms with Crippen molar-refractivity contribution >= 4 is 23.5 Å². The lowest BCUT2D eigenvalue weighted by Gasteiger charge is -2.27. The molecule has 7 heteroatoms. The third kappa shape index (κ3) is 5.76. The zero-order chi connectivity index (χ0) is 20.9. The monoisotopic (exact) mass is 396 g/mol. The number of nitrogens with one attached hydrogen (secondary N) is 1. The summed E-state index contributed by atoms with van der Waals surface area (Å²) in [6.45, 7) is 5.35. The van der Waals surface area contributed by atoms with Gasteiger partial charge in [0.1, 0.15) is 5.82 Å². The number of rotatable bonds is 7. The average molecular weight is 396 g/mol. The van der Waals surface area contributed by atoms with E-state index >= 15 is 0 Å². The van der Waals surface area contributed by atoms with Crippen LogP contribution >= 0.6 is 0 Å². The van der Waals surface area contributed by atoms with Gasteiger partial charge in [0.25, 0.3) is 0 Å². The van der Waals surface area contributed by atoms with Gasteiger partial charge in [0, 0.05) is 13.1 Å².